The Hall–Kier alpha value is -2.14. The van der Waals surface area contributed by atoms with Gasteiger partial charge in [0, 0.05) is 49.4 Å². The Morgan fingerprint density at radius 2 is 1.82 bits per heavy atom. The number of rotatable bonds is 8. The van der Waals surface area contributed by atoms with Crippen molar-refractivity contribution in [3.05, 3.63) is 65.5 Å². The highest BCUT2D eigenvalue weighted by atomic mass is 32.2. The molecule has 0 saturated carbocycles. The summed E-state index contributed by atoms with van der Waals surface area (Å²) in [4.78, 5) is 0. The minimum atomic E-state index is -2.65. The first kappa shape index (κ1) is 24.0. The quantitative estimate of drug-likeness (QED) is 0.380. The molecule has 1 unspecified atom stereocenters. The van der Waals surface area contributed by atoms with E-state index in [1.807, 2.05) is 30.3 Å². The molecule has 10 heteroatoms. The number of alkyl halides is 2. The van der Waals surface area contributed by atoms with E-state index in [2.05, 4.69) is 35.2 Å². The van der Waals surface area contributed by atoms with E-state index in [0.29, 0.717) is 23.4 Å². The van der Waals surface area contributed by atoms with E-state index in [4.69, 9.17) is 0 Å². The zero-order chi connectivity index (χ0) is 23.4. The summed E-state index contributed by atoms with van der Waals surface area (Å²) < 4.78 is 47.6. The van der Waals surface area contributed by atoms with Crippen molar-refractivity contribution in [2.45, 2.75) is 19.4 Å². The topological polar surface area (TPSA) is 34.4 Å². The van der Waals surface area contributed by atoms with E-state index in [1.54, 1.807) is 24.1 Å². The molecule has 0 aliphatic carbocycles. The summed E-state index contributed by atoms with van der Waals surface area (Å²) in [7, 11) is -0.500. The van der Waals surface area contributed by atoms with E-state index in [1.165, 1.54) is 6.07 Å². The van der Waals surface area contributed by atoms with Crippen LogP contribution in [0.15, 0.2) is 58.7 Å². The summed E-state index contributed by atoms with van der Waals surface area (Å²) in [5.74, 6) is 4.05. The SMILES string of the molecule is C=S(N1CCN(SC)CC1)N(Cc1ccc(C2=NN=C(C(F)F)C2)cc1F)c1ccccc1. The minimum absolute atomic E-state index is 0.0586. The molecule has 0 spiro atoms. The maximum Gasteiger partial charge on any atom is 0.278 e. The van der Waals surface area contributed by atoms with E-state index < -0.39 is 23.1 Å². The van der Waals surface area contributed by atoms with Crippen LogP contribution >= 0.6 is 22.8 Å². The van der Waals surface area contributed by atoms with Crippen LogP contribution in [0.25, 0.3) is 0 Å². The third-order valence-electron chi connectivity index (χ3n) is 5.65. The van der Waals surface area contributed by atoms with Gasteiger partial charge in [-0.3, -0.25) is 0 Å². The maximum atomic E-state index is 15.1. The second-order valence-electron chi connectivity index (χ2n) is 7.67. The molecule has 2 aliphatic rings. The Kier molecular flexibility index (Phi) is 7.90. The van der Waals surface area contributed by atoms with Gasteiger partial charge in [-0.15, -0.1) is 0 Å². The monoisotopic (exact) mass is 493 g/mol. The summed E-state index contributed by atoms with van der Waals surface area (Å²) in [5.41, 5.74) is 2.04. The summed E-state index contributed by atoms with van der Waals surface area (Å²) in [6.07, 6.45) is -0.626. The van der Waals surface area contributed by atoms with E-state index in [9.17, 15) is 8.78 Å². The molecule has 2 aromatic carbocycles. The molecule has 0 amide bonds. The molecule has 0 N–H and O–H groups in total. The Bertz CT molecular complexity index is 1050. The lowest BCUT2D eigenvalue weighted by Crippen LogP contribution is -2.42. The van der Waals surface area contributed by atoms with Crippen molar-refractivity contribution in [1.82, 2.24) is 8.61 Å². The lowest BCUT2D eigenvalue weighted by atomic mass is 10.0. The summed E-state index contributed by atoms with van der Waals surface area (Å²) in [6, 6.07) is 14.7. The largest absolute Gasteiger partial charge is 0.306 e. The third-order valence-corrected chi connectivity index (χ3v) is 8.34. The van der Waals surface area contributed by atoms with Gasteiger partial charge >= 0.3 is 0 Å². The number of benzene rings is 2. The number of hydrogen-bond acceptors (Lipinski definition) is 6. The number of hydrogen-bond donors (Lipinski definition) is 0. The molecular formula is C23H26F3N5S2. The number of anilines is 1. The molecule has 176 valence electrons. The fourth-order valence-electron chi connectivity index (χ4n) is 3.74. The normalized spacial score (nSPS) is 18.3. The van der Waals surface area contributed by atoms with Crippen molar-refractivity contribution in [2.75, 3.05) is 36.7 Å². The molecular weight excluding hydrogens is 467 g/mol. The zero-order valence-corrected chi connectivity index (χ0v) is 20.0. The van der Waals surface area contributed by atoms with Gasteiger partial charge in [0.25, 0.3) is 6.43 Å². The van der Waals surface area contributed by atoms with Crippen molar-refractivity contribution in [3.8, 4) is 0 Å². The average molecular weight is 494 g/mol. The van der Waals surface area contributed by atoms with Crippen LogP contribution in [0.1, 0.15) is 17.5 Å². The van der Waals surface area contributed by atoms with Gasteiger partial charge in [0.2, 0.25) is 0 Å². The van der Waals surface area contributed by atoms with Crippen LogP contribution in [0.2, 0.25) is 0 Å². The van der Waals surface area contributed by atoms with E-state index >= 15 is 4.39 Å². The molecule has 0 aromatic heterocycles. The standard InChI is InChI=1S/C23H26F3N5S2/c1-32-29-10-12-30(13-11-29)33(2)31(19-6-4-3-5-7-19)16-18-9-8-17(14-20(18)24)21-15-22(23(25)26)28-27-21/h3-9,14,23H,2,10-13,15-16H2,1H3. The smallest absolute Gasteiger partial charge is 0.278 e. The van der Waals surface area contributed by atoms with Crippen molar-refractivity contribution < 1.29 is 13.2 Å². The summed E-state index contributed by atoms with van der Waals surface area (Å²) >= 11 is 1.75. The Morgan fingerprint density at radius 1 is 1.09 bits per heavy atom. The molecule has 1 fully saturated rings. The van der Waals surface area contributed by atoms with Crippen LogP contribution < -0.4 is 4.31 Å². The average Bonchev–Trinajstić information content (AvgIpc) is 3.34. The lowest BCUT2D eigenvalue weighted by Gasteiger charge is -2.39. The van der Waals surface area contributed by atoms with Gasteiger partial charge in [0.05, 0.1) is 12.3 Å². The second-order valence-corrected chi connectivity index (χ2v) is 10.2. The highest BCUT2D eigenvalue weighted by Crippen LogP contribution is 2.33. The summed E-state index contributed by atoms with van der Waals surface area (Å²) in [6.45, 7) is 4.04. The highest BCUT2D eigenvalue weighted by Gasteiger charge is 2.24. The predicted octanol–water partition coefficient (Wildman–Crippen LogP) is 5.07. The minimum Gasteiger partial charge on any atom is -0.306 e. The Morgan fingerprint density at radius 3 is 2.42 bits per heavy atom. The van der Waals surface area contributed by atoms with Crippen LogP contribution in [0, 0.1) is 5.82 Å². The fourth-order valence-corrected chi connectivity index (χ4v) is 5.79. The van der Waals surface area contributed by atoms with Gasteiger partial charge in [-0.2, -0.15) is 10.2 Å². The van der Waals surface area contributed by atoms with Gasteiger partial charge in [-0.1, -0.05) is 42.3 Å². The Balaban J connectivity index is 1.53. The van der Waals surface area contributed by atoms with Gasteiger partial charge < -0.3 is 4.31 Å². The molecule has 0 radical (unpaired) electrons. The van der Waals surface area contributed by atoms with Crippen molar-refractivity contribution >= 4 is 45.8 Å². The van der Waals surface area contributed by atoms with Crippen molar-refractivity contribution in [1.29, 1.82) is 0 Å². The lowest BCUT2D eigenvalue weighted by molar-refractivity contribution is 0.224. The number of para-hydroxylation sites is 1. The highest BCUT2D eigenvalue weighted by molar-refractivity contribution is 8.13. The molecule has 1 atom stereocenters. The van der Waals surface area contributed by atoms with Crippen LogP contribution in [0.5, 0.6) is 0 Å². The van der Waals surface area contributed by atoms with Gasteiger partial charge in [0.15, 0.2) is 0 Å². The first-order valence-corrected chi connectivity index (χ1v) is 13.1. The Labute approximate surface area is 199 Å². The molecule has 5 nitrogen and oxygen atoms in total. The van der Waals surface area contributed by atoms with Crippen LogP contribution in [-0.2, 0) is 6.54 Å². The van der Waals surface area contributed by atoms with Gasteiger partial charge in [-0.25, -0.2) is 21.8 Å². The molecule has 1 saturated heterocycles. The zero-order valence-electron chi connectivity index (χ0n) is 18.3. The molecule has 2 aliphatic heterocycles. The second kappa shape index (κ2) is 10.9. The first-order chi connectivity index (χ1) is 16.0. The molecule has 0 bridgehead atoms. The van der Waals surface area contributed by atoms with Crippen LogP contribution in [0.3, 0.4) is 0 Å². The number of halogens is 3. The van der Waals surface area contributed by atoms with Gasteiger partial charge in [-0.05, 0) is 41.2 Å². The first-order valence-electron chi connectivity index (χ1n) is 10.6. The van der Waals surface area contributed by atoms with Crippen LogP contribution in [0.4, 0.5) is 18.9 Å². The van der Waals surface area contributed by atoms with Crippen molar-refractivity contribution in [3.63, 3.8) is 0 Å². The van der Waals surface area contributed by atoms with Gasteiger partial charge in [0.1, 0.15) is 11.5 Å². The summed E-state index contributed by atoms with van der Waals surface area (Å²) in [5, 5.41) is 7.34. The predicted molar refractivity (Wildman–Crippen MR) is 135 cm³/mol. The van der Waals surface area contributed by atoms with Crippen LogP contribution in [-0.4, -0.2) is 64.8 Å². The number of nitrogens with zero attached hydrogens (tertiary/aromatic N) is 5. The third kappa shape index (κ3) is 5.68. The maximum absolute atomic E-state index is 15.1. The molecule has 2 aromatic rings. The molecule has 4 rings (SSSR count). The number of piperazine rings is 1. The molecule has 33 heavy (non-hydrogen) atoms. The van der Waals surface area contributed by atoms with E-state index in [0.717, 1.165) is 31.9 Å². The van der Waals surface area contributed by atoms with E-state index in [-0.39, 0.29) is 12.1 Å². The molecule has 2 heterocycles. The fraction of sp³-hybridized carbons (Fsp3) is 0.348. The van der Waals surface area contributed by atoms with Crippen molar-refractivity contribution in [2.24, 2.45) is 10.2 Å².